The van der Waals surface area contributed by atoms with Crippen LogP contribution >= 0.6 is 37.0 Å². The van der Waals surface area contributed by atoms with Crippen LogP contribution in [0.25, 0.3) is 0 Å². The first-order valence-corrected chi connectivity index (χ1v) is 11.5. The molecule has 0 bridgehead atoms. The van der Waals surface area contributed by atoms with E-state index in [9.17, 15) is 19.2 Å². The largest absolute Gasteiger partial charge is 0.480 e. The van der Waals surface area contributed by atoms with Crippen LogP contribution in [0.4, 0.5) is 0 Å². The Morgan fingerprint density at radius 1 is 1.21 bits per heavy atom. The van der Waals surface area contributed by atoms with Crippen molar-refractivity contribution >= 4 is 60.7 Å². The number of carboxylic acids is 1. The molecule has 0 aromatic carbocycles. The van der Waals surface area contributed by atoms with Crippen molar-refractivity contribution in [2.45, 2.75) is 43.4 Å². The molecule has 1 aliphatic heterocycles. The van der Waals surface area contributed by atoms with Crippen LogP contribution in [0.3, 0.4) is 0 Å². The van der Waals surface area contributed by atoms with Gasteiger partial charge in [-0.05, 0) is 31.3 Å². The van der Waals surface area contributed by atoms with E-state index in [0.717, 1.165) is 0 Å². The van der Waals surface area contributed by atoms with E-state index in [2.05, 4.69) is 35.9 Å². The Kier molecular flexibility index (Phi) is 11.1. The van der Waals surface area contributed by atoms with Crippen molar-refractivity contribution in [1.29, 1.82) is 0 Å². The van der Waals surface area contributed by atoms with Crippen molar-refractivity contribution in [2.24, 2.45) is 5.73 Å². The number of thiol groups is 2. The minimum absolute atomic E-state index is 0.0726. The third kappa shape index (κ3) is 7.05. The normalized spacial score (nSPS) is 19.6. The van der Waals surface area contributed by atoms with Gasteiger partial charge in [0.2, 0.25) is 17.7 Å². The first-order valence-electron chi connectivity index (χ1n) is 8.87. The molecule has 0 spiro atoms. The van der Waals surface area contributed by atoms with E-state index < -0.39 is 42.0 Å². The Bertz CT molecular complexity index is 580. The molecule has 12 heteroatoms. The number of carbonyl (C=O) groups excluding carboxylic acids is 3. The number of rotatable bonds is 11. The maximum absolute atomic E-state index is 12.8. The van der Waals surface area contributed by atoms with Gasteiger partial charge in [0.05, 0.1) is 6.04 Å². The average Bonchev–Trinajstić information content (AvgIpc) is 3.17. The Labute approximate surface area is 179 Å². The predicted octanol–water partition coefficient (Wildman–Crippen LogP) is -1.03. The van der Waals surface area contributed by atoms with Gasteiger partial charge in [0.15, 0.2) is 0 Å². The minimum atomic E-state index is -1.20. The van der Waals surface area contributed by atoms with Gasteiger partial charge in [-0.15, -0.1) is 0 Å². The molecule has 0 radical (unpaired) electrons. The van der Waals surface area contributed by atoms with Crippen LogP contribution in [0, 0.1) is 0 Å². The lowest BCUT2D eigenvalue weighted by Gasteiger charge is -2.28. The molecule has 1 saturated heterocycles. The Hall–Kier alpha value is -1.11. The summed E-state index contributed by atoms with van der Waals surface area (Å²) < 4.78 is 0. The molecule has 0 aliphatic carbocycles. The Morgan fingerprint density at radius 2 is 1.89 bits per heavy atom. The standard InChI is InChI=1S/C16H28N4O5S3/c1-28-6-4-10(13(21)19-11(8-27)16(24)25)18-14(22)12-3-2-5-20(12)15(23)9(17)7-26/h9-12,26-27H,2-8,17H2,1H3,(H,18,22)(H,19,21)(H,24,25). The van der Waals surface area contributed by atoms with Gasteiger partial charge in [-0.25, -0.2) is 4.79 Å². The van der Waals surface area contributed by atoms with Crippen LogP contribution in [-0.2, 0) is 19.2 Å². The van der Waals surface area contributed by atoms with E-state index in [0.29, 0.717) is 31.6 Å². The zero-order valence-electron chi connectivity index (χ0n) is 15.7. The first kappa shape index (κ1) is 24.9. The van der Waals surface area contributed by atoms with Gasteiger partial charge in [0, 0.05) is 18.1 Å². The minimum Gasteiger partial charge on any atom is -0.480 e. The highest BCUT2D eigenvalue weighted by atomic mass is 32.2. The van der Waals surface area contributed by atoms with E-state index in [1.54, 1.807) is 0 Å². The summed E-state index contributed by atoms with van der Waals surface area (Å²) in [6, 6.07) is -3.55. The maximum Gasteiger partial charge on any atom is 0.327 e. The SMILES string of the molecule is CSCCC(NC(=O)C1CCCN1C(=O)C(N)CS)C(=O)NC(CS)C(=O)O. The zero-order chi connectivity index (χ0) is 21.3. The van der Waals surface area contributed by atoms with Gasteiger partial charge in [-0.1, -0.05) is 0 Å². The molecule has 4 atom stereocenters. The lowest BCUT2D eigenvalue weighted by atomic mass is 10.1. The van der Waals surface area contributed by atoms with E-state index in [4.69, 9.17) is 10.8 Å². The van der Waals surface area contributed by atoms with Gasteiger partial charge in [-0.3, -0.25) is 14.4 Å². The second kappa shape index (κ2) is 12.5. The van der Waals surface area contributed by atoms with Crippen LogP contribution in [-0.4, -0.2) is 87.9 Å². The fourth-order valence-corrected chi connectivity index (χ4v) is 3.70. The highest BCUT2D eigenvalue weighted by Gasteiger charge is 2.37. The third-order valence-electron chi connectivity index (χ3n) is 4.39. The molecule has 0 aromatic rings. The van der Waals surface area contributed by atoms with Crippen molar-refractivity contribution in [3.8, 4) is 0 Å². The van der Waals surface area contributed by atoms with Gasteiger partial charge >= 0.3 is 5.97 Å². The topological polar surface area (TPSA) is 142 Å². The van der Waals surface area contributed by atoms with Crippen molar-refractivity contribution in [1.82, 2.24) is 15.5 Å². The number of amides is 3. The van der Waals surface area contributed by atoms with Crippen molar-refractivity contribution in [3.63, 3.8) is 0 Å². The van der Waals surface area contributed by atoms with Crippen LogP contribution in [0.2, 0.25) is 0 Å². The predicted molar refractivity (Wildman–Crippen MR) is 115 cm³/mol. The summed E-state index contributed by atoms with van der Waals surface area (Å²) in [5.74, 6) is -1.90. The van der Waals surface area contributed by atoms with Gasteiger partial charge in [-0.2, -0.15) is 37.0 Å². The fourth-order valence-electron chi connectivity index (χ4n) is 2.82. The number of carbonyl (C=O) groups is 4. The zero-order valence-corrected chi connectivity index (χ0v) is 18.3. The number of nitrogens with two attached hydrogens (primary N) is 1. The number of hydrogen-bond donors (Lipinski definition) is 6. The summed E-state index contributed by atoms with van der Waals surface area (Å²) >= 11 is 9.45. The highest BCUT2D eigenvalue weighted by Crippen LogP contribution is 2.19. The molecule has 1 aliphatic rings. The summed E-state index contributed by atoms with van der Waals surface area (Å²) in [6.45, 7) is 0.417. The first-order chi connectivity index (χ1) is 13.3. The lowest BCUT2D eigenvalue weighted by molar-refractivity contribution is -0.142. The molecule has 5 N–H and O–H groups in total. The summed E-state index contributed by atoms with van der Waals surface area (Å²) in [4.78, 5) is 50.2. The van der Waals surface area contributed by atoms with Crippen LogP contribution in [0.5, 0.6) is 0 Å². The number of hydrogen-bond acceptors (Lipinski definition) is 8. The summed E-state index contributed by atoms with van der Waals surface area (Å²) in [5, 5.41) is 14.1. The van der Waals surface area contributed by atoms with Gasteiger partial charge in [0.1, 0.15) is 18.1 Å². The number of nitrogens with one attached hydrogen (secondary N) is 2. The van der Waals surface area contributed by atoms with Crippen molar-refractivity contribution in [2.75, 3.05) is 30.1 Å². The molecular formula is C16H28N4O5S3. The summed E-state index contributed by atoms with van der Waals surface area (Å²) in [5.41, 5.74) is 5.74. The summed E-state index contributed by atoms with van der Waals surface area (Å²) in [7, 11) is 0. The molecular weight excluding hydrogens is 424 g/mol. The molecule has 9 nitrogen and oxygen atoms in total. The van der Waals surface area contributed by atoms with Gasteiger partial charge in [0.25, 0.3) is 0 Å². The molecule has 4 unspecified atom stereocenters. The van der Waals surface area contributed by atoms with Gasteiger partial charge < -0.3 is 26.4 Å². The highest BCUT2D eigenvalue weighted by molar-refractivity contribution is 7.98. The Balaban J connectivity index is 2.84. The summed E-state index contributed by atoms with van der Waals surface area (Å²) in [6.07, 6.45) is 3.32. The average molecular weight is 453 g/mol. The van der Waals surface area contributed by atoms with E-state index in [1.807, 2.05) is 6.26 Å². The van der Waals surface area contributed by atoms with Crippen molar-refractivity contribution in [3.05, 3.63) is 0 Å². The second-order valence-corrected chi connectivity index (χ2v) is 8.12. The number of thioether (sulfide) groups is 1. The number of aliphatic carboxylic acids is 1. The smallest absolute Gasteiger partial charge is 0.327 e. The molecule has 1 fully saturated rings. The van der Waals surface area contributed by atoms with E-state index >= 15 is 0 Å². The fraction of sp³-hybridized carbons (Fsp3) is 0.750. The molecule has 3 amide bonds. The molecule has 1 rings (SSSR count). The van der Waals surface area contributed by atoms with Crippen molar-refractivity contribution < 1.29 is 24.3 Å². The number of nitrogens with zero attached hydrogens (tertiary/aromatic N) is 1. The molecule has 0 aromatic heterocycles. The van der Waals surface area contributed by atoms with E-state index in [-0.39, 0.29) is 17.4 Å². The number of carboxylic acid groups (broad SMARTS) is 1. The third-order valence-corrected chi connectivity index (χ3v) is 5.80. The molecule has 1 heterocycles. The molecule has 28 heavy (non-hydrogen) atoms. The van der Waals surface area contributed by atoms with Crippen LogP contribution in [0.1, 0.15) is 19.3 Å². The second-order valence-electron chi connectivity index (χ2n) is 6.40. The Morgan fingerprint density at radius 3 is 2.43 bits per heavy atom. The molecule has 0 saturated carbocycles. The quantitative estimate of drug-likeness (QED) is 0.220. The molecule has 160 valence electrons. The van der Waals surface area contributed by atoms with Crippen LogP contribution < -0.4 is 16.4 Å². The monoisotopic (exact) mass is 452 g/mol. The number of likely N-dealkylation sites (tertiary alicyclic amines) is 1. The van der Waals surface area contributed by atoms with E-state index in [1.165, 1.54) is 16.7 Å². The lowest BCUT2D eigenvalue weighted by Crippen LogP contribution is -2.57. The van der Waals surface area contributed by atoms with Crippen LogP contribution in [0.15, 0.2) is 0 Å². The maximum atomic E-state index is 12.8.